The van der Waals surface area contributed by atoms with Crippen molar-refractivity contribution in [3.63, 3.8) is 0 Å². The molecule has 0 fully saturated rings. The molecule has 3 aromatic carbocycles. The van der Waals surface area contributed by atoms with Crippen molar-refractivity contribution in [2.45, 2.75) is 12.5 Å². The van der Waals surface area contributed by atoms with Crippen LogP contribution in [0.2, 0.25) is 5.02 Å². The van der Waals surface area contributed by atoms with Gasteiger partial charge in [-0.3, -0.25) is 14.9 Å². The van der Waals surface area contributed by atoms with Gasteiger partial charge < -0.3 is 23.8 Å². The first kappa shape index (κ1) is 26.7. The number of hydrogen-bond donors (Lipinski definition) is 0. The second-order valence-corrected chi connectivity index (χ2v) is 8.83. The molecule has 4 rings (SSSR count). The van der Waals surface area contributed by atoms with Gasteiger partial charge in [0.15, 0.2) is 11.5 Å². The normalized spacial score (nSPS) is 14.3. The van der Waals surface area contributed by atoms with Crippen molar-refractivity contribution >= 4 is 29.2 Å². The molecule has 0 saturated heterocycles. The van der Waals surface area contributed by atoms with Crippen LogP contribution in [-0.2, 0) is 11.2 Å². The molecule has 0 saturated carbocycles. The monoisotopic (exact) mass is 540 g/mol. The number of nitro groups is 1. The van der Waals surface area contributed by atoms with Crippen LogP contribution in [0.25, 0.3) is 0 Å². The molecule has 0 aliphatic carbocycles. The molecular weight excluding hydrogens is 516 g/mol. The highest BCUT2D eigenvalue weighted by Gasteiger charge is 2.34. The van der Waals surface area contributed by atoms with E-state index < -0.39 is 22.8 Å². The molecule has 1 heterocycles. The maximum absolute atomic E-state index is 13.6. The second kappa shape index (κ2) is 11.4. The summed E-state index contributed by atoms with van der Waals surface area (Å²) < 4.78 is 21.7. The van der Waals surface area contributed by atoms with Crippen LogP contribution >= 0.6 is 11.6 Å². The van der Waals surface area contributed by atoms with E-state index in [1.165, 1.54) is 32.4 Å². The van der Waals surface area contributed by atoms with E-state index in [4.69, 9.17) is 30.5 Å². The molecule has 1 aliphatic heterocycles. The summed E-state index contributed by atoms with van der Waals surface area (Å²) >= 11 is 5.96. The molecular formula is C27H25ClN2O8. The average molecular weight is 541 g/mol. The minimum atomic E-state index is -0.625. The van der Waals surface area contributed by atoms with Gasteiger partial charge in [0.1, 0.15) is 17.4 Å². The molecule has 0 spiro atoms. The number of rotatable bonds is 8. The van der Waals surface area contributed by atoms with Crippen molar-refractivity contribution in [1.82, 2.24) is 4.90 Å². The van der Waals surface area contributed by atoms with Gasteiger partial charge in [-0.2, -0.15) is 0 Å². The highest BCUT2D eigenvalue weighted by atomic mass is 35.5. The zero-order valence-electron chi connectivity index (χ0n) is 20.9. The Labute approximate surface area is 223 Å². The quantitative estimate of drug-likeness (QED) is 0.225. The predicted octanol–water partition coefficient (Wildman–Crippen LogP) is 4.87. The minimum absolute atomic E-state index is 0.0531. The number of halogens is 1. The Morgan fingerprint density at radius 2 is 1.66 bits per heavy atom. The fourth-order valence-electron chi connectivity index (χ4n) is 4.38. The molecule has 0 radical (unpaired) electrons. The first-order valence-electron chi connectivity index (χ1n) is 11.6. The summed E-state index contributed by atoms with van der Waals surface area (Å²) in [7, 11) is 4.38. The summed E-state index contributed by atoms with van der Waals surface area (Å²) in [5.74, 6) is 0.680. The van der Waals surface area contributed by atoms with Crippen LogP contribution in [0.3, 0.4) is 0 Å². The van der Waals surface area contributed by atoms with Crippen LogP contribution in [0.1, 0.15) is 37.9 Å². The van der Waals surface area contributed by atoms with Crippen molar-refractivity contribution in [2.75, 3.05) is 34.5 Å². The molecule has 1 aliphatic rings. The summed E-state index contributed by atoms with van der Waals surface area (Å²) in [6.45, 7) is 0.411. The Morgan fingerprint density at radius 1 is 1.00 bits per heavy atom. The number of fused-ring (bicyclic) bond motifs is 1. The summed E-state index contributed by atoms with van der Waals surface area (Å²) in [5, 5.41) is 11.3. The molecule has 0 unspecified atom stereocenters. The van der Waals surface area contributed by atoms with Gasteiger partial charge in [0, 0.05) is 18.2 Å². The Morgan fingerprint density at radius 3 is 2.29 bits per heavy atom. The van der Waals surface area contributed by atoms with Crippen LogP contribution in [0.5, 0.6) is 17.2 Å². The van der Waals surface area contributed by atoms with E-state index in [0.717, 1.165) is 11.1 Å². The number of amides is 1. The second-order valence-electron chi connectivity index (χ2n) is 8.42. The van der Waals surface area contributed by atoms with Gasteiger partial charge in [-0.1, -0.05) is 11.6 Å². The molecule has 198 valence electrons. The predicted molar refractivity (Wildman–Crippen MR) is 138 cm³/mol. The lowest BCUT2D eigenvalue weighted by Gasteiger charge is -2.37. The third kappa shape index (κ3) is 5.35. The van der Waals surface area contributed by atoms with Gasteiger partial charge in [-0.15, -0.1) is 0 Å². The molecule has 1 amide bonds. The molecule has 0 N–H and O–H groups in total. The molecule has 0 bridgehead atoms. The number of methoxy groups -OCH3 is 3. The lowest BCUT2D eigenvalue weighted by atomic mass is 9.91. The fraction of sp³-hybridized carbons (Fsp3) is 0.259. The smallest absolute Gasteiger partial charge is 0.337 e. The molecule has 10 nitrogen and oxygen atoms in total. The van der Waals surface area contributed by atoms with E-state index in [-0.39, 0.29) is 22.9 Å². The molecule has 11 heteroatoms. The third-order valence-electron chi connectivity index (χ3n) is 6.34. The zero-order valence-corrected chi connectivity index (χ0v) is 21.7. The van der Waals surface area contributed by atoms with Gasteiger partial charge in [0.2, 0.25) is 0 Å². The number of ether oxygens (including phenoxy) is 4. The number of carbonyl (C=O) groups excluding carboxylic acids is 2. The fourth-order valence-corrected chi connectivity index (χ4v) is 4.57. The van der Waals surface area contributed by atoms with E-state index in [9.17, 15) is 19.7 Å². The Balaban J connectivity index is 1.69. The van der Waals surface area contributed by atoms with E-state index in [0.29, 0.717) is 35.8 Å². The number of esters is 1. The Bertz CT molecular complexity index is 1380. The van der Waals surface area contributed by atoms with Crippen LogP contribution in [0.4, 0.5) is 5.69 Å². The van der Waals surface area contributed by atoms with Crippen molar-refractivity contribution in [3.05, 3.63) is 92.0 Å². The highest BCUT2D eigenvalue weighted by Crippen LogP contribution is 2.39. The maximum Gasteiger partial charge on any atom is 0.337 e. The summed E-state index contributed by atoms with van der Waals surface area (Å²) in [4.78, 5) is 37.8. The molecule has 1 atom stereocenters. The first-order chi connectivity index (χ1) is 18.3. The van der Waals surface area contributed by atoms with Crippen LogP contribution < -0.4 is 14.2 Å². The van der Waals surface area contributed by atoms with E-state index in [2.05, 4.69) is 0 Å². The van der Waals surface area contributed by atoms with Crippen molar-refractivity contribution in [3.8, 4) is 17.2 Å². The van der Waals surface area contributed by atoms with Crippen molar-refractivity contribution < 1.29 is 33.5 Å². The van der Waals surface area contributed by atoms with Gasteiger partial charge in [0.05, 0.1) is 37.9 Å². The van der Waals surface area contributed by atoms with Gasteiger partial charge >= 0.3 is 5.97 Å². The minimum Gasteiger partial charge on any atom is -0.493 e. The largest absolute Gasteiger partial charge is 0.493 e. The zero-order chi connectivity index (χ0) is 27.4. The van der Waals surface area contributed by atoms with E-state index >= 15 is 0 Å². The Kier molecular flexibility index (Phi) is 8.02. The molecule has 38 heavy (non-hydrogen) atoms. The van der Waals surface area contributed by atoms with Gasteiger partial charge in [0.25, 0.3) is 11.6 Å². The summed E-state index contributed by atoms with van der Waals surface area (Å²) in [5.41, 5.74) is 1.93. The van der Waals surface area contributed by atoms with Crippen LogP contribution in [0, 0.1) is 10.1 Å². The van der Waals surface area contributed by atoms with Crippen LogP contribution in [-0.4, -0.2) is 56.2 Å². The van der Waals surface area contributed by atoms with Crippen LogP contribution in [0.15, 0.2) is 54.6 Å². The topological polar surface area (TPSA) is 117 Å². The highest BCUT2D eigenvalue weighted by molar-refractivity contribution is 6.32. The molecule has 0 aromatic heterocycles. The lowest BCUT2D eigenvalue weighted by Crippen LogP contribution is -2.42. The summed E-state index contributed by atoms with van der Waals surface area (Å²) in [6, 6.07) is 13.6. The van der Waals surface area contributed by atoms with E-state index in [1.54, 1.807) is 36.3 Å². The number of carbonyl (C=O) groups is 2. The third-order valence-corrected chi connectivity index (χ3v) is 6.66. The number of hydrogen-bond acceptors (Lipinski definition) is 8. The number of nitrogens with zero attached hydrogens (tertiary/aromatic N) is 2. The average Bonchev–Trinajstić information content (AvgIpc) is 2.94. The number of nitro benzene ring substituents is 1. The van der Waals surface area contributed by atoms with Crippen molar-refractivity contribution in [2.24, 2.45) is 0 Å². The summed E-state index contributed by atoms with van der Waals surface area (Å²) in [6.07, 6.45) is 0.529. The number of benzene rings is 3. The molecule has 3 aromatic rings. The van der Waals surface area contributed by atoms with Crippen molar-refractivity contribution in [1.29, 1.82) is 0 Å². The standard InChI is InChI=1S/C27H25ClN2O8/c1-35-24-13-17-10-11-29(26(31)18-6-9-21(28)22(12-18)30(33)34)23(20(17)14-25(24)36-2)15-38-19-7-4-16(5-8-19)27(32)37-3/h4-9,12-14,23H,10-11,15H2,1-3H3/t23-/m0/s1. The van der Waals surface area contributed by atoms with Gasteiger partial charge in [-0.25, -0.2) is 4.79 Å². The first-order valence-corrected chi connectivity index (χ1v) is 12.0. The Hall–Kier alpha value is -4.31. The lowest BCUT2D eigenvalue weighted by molar-refractivity contribution is -0.384. The maximum atomic E-state index is 13.6. The van der Waals surface area contributed by atoms with Gasteiger partial charge in [-0.05, 0) is 66.1 Å². The SMILES string of the molecule is COC(=O)c1ccc(OC[C@H]2c3cc(OC)c(OC)cc3CCN2C(=O)c2ccc(Cl)c([N+](=O)[O-])c2)cc1. The van der Waals surface area contributed by atoms with E-state index in [1.807, 2.05) is 12.1 Å².